The number of allylic oxidation sites excluding steroid dienone is 8. The average Bonchev–Trinajstić information content (AvgIpc) is 2.66. The van der Waals surface area contributed by atoms with Crippen LogP contribution in [-0.4, -0.2) is 50.0 Å². The summed E-state index contributed by atoms with van der Waals surface area (Å²) in [5.41, 5.74) is 1.13. The number of methoxy groups -OCH3 is 2. The van der Waals surface area contributed by atoms with Gasteiger partial charge < -0.3 is 25.2 Å². The van der Waals surface area contributed by atoms with Crippen molar-refractivity contribution in [1.82, 2.24) is 10.6 Å². The van der Waals surface area contributed by atoms with Gasteiger partial charge in [0.15, 0.2) is 11.6 Å². The zero-order valence-corrected chi connectivity index (χ0v) is 17.6. The molecule has 0 heterocycles. The van der Waals surface area contributed by atoms with E-state index >= 15 is 0 Å². The minimum Gasteiger partial charge on any atom is -0.497 e. The van der Waals surface area contributed by atoms with Gasteiger partial charge in [-0.05, 0) is 24.3 Å². The third-order valence-electron chi connectivity index (χ3n) is 3.37. The largest absolute Gasteiger partial charge is 0.497 e. The van der Waals surface area contributed by atoms with Crippen LogP contribution in [-0.2, 0) is 40.9 Å². The summed E-state index contributed by atoms with van der Waals surface area (Å²) in [4.78, 5) is 32.6. The Kier molecular flexibility index (Phi) is 12.6. The number of carbonyl (C=O) groups is 3. The van der Waals surface area contributed by atoms with Gasteiger partial charge in [0.05, 0.1) is 14.2 Å². The first-order valence-corrected chi connectivity index (χ1v) is 8.40. The molecule has 0 aliphatic heterocycles. The molecule has 9 heteroatoms. The van der Waals surface area contributed by atoms with E-state index in [0.29, 0.717) is 35.8 Å². The molecule has 0 aromatic carbocycles. The maximum Gasteiger partial charge on any atom is 0.300 e. The van der Waals surface area contributed by atoms with Crippen molar-refractivity contribution in [1.29, 1.82) is 0 Å². The van der Waals surface area contributed by atoms with Crippen LogP contribution in [0.2, 0.25) is 0 Å². The first-order chi connectivity index (χ1) is 13.4. The molecule has 0 fully saturated rings. The molecule has 0 saturated heterocycles. The van der Waals surface area contributed by atoms with Crippen molar-refractivity contribution in [2.24, 2.45) is 0 Å². The van der Waals surface area contributed by atoms with Gasteiger partial charge in [-0.2, -0.15) is 0 Å². The van der Waals surface area contributed by atoms with Crippen LogP contribution in [0.4, 0.5) is 0 Å². The Morgan fingerprint density at radius 1 is 0.897 bits per heavy atom. The Morgan fingerprint density at radius 2 is 1.24 bits per heavy atom. The second-order valence-corrected chi connectivity index (χ2v) is 5.52. The third kappa shape index (κ3) is 10.2. The van der Waals surface area contributed by atoms with Crippen LogP contribution in [0.25, 0.3) is 0 Å². The van der Waals surface area contributed by atoms with Gasteiger partial charge in [-0.3, -0.25) is 14.4 Å². The number of nitrogens with one attached hydrogen (secondary N) is 2. The fraction of sp³-hybridized carbons (Fsp3) is 0.250. The molecule has 0 aromatic rings. The van der Waals surface area contributed by atoms with E-state index in [4.69, 9.17) is 19.4 Å². The van der Waals surface area contributed by atoms with Crippen LogP contribution < -0.4 is 10.6 Å². The van der Waals surface area contributed by atoms with Crippen LogP contribution in [0.5, 0.6) is 0 Å². The molecule has 2 rings (SSSR count). The van der Waals surface area contributed by atoms with Crippen molar-refractivity contribution in [3.63, 3.8) is 0 Å². The number of carbonyl (C=O) groups excluding carboxylic acids is 2. The summed E-state index contributed by atoms with van der Waals surface area (Å²) in [7, 11) is 3.05. The Morgan fingerprint density at radius 3 is 1.52 bits per heavy atom. The first-order valence-electron chi connectivity index (χ1n) is 8.40. The minimum absolute atomic E-state index is 0. The number of ketones is 2. The fourth-order valence-electron chi connectivity index (χ4n) is 2.03. The van der Waals surface area contributed by atoms with Gasteiger partial charge in [0.2, 0.25) is 0 Å². The third-order valence-corrected chi connectivity index (χ3v) is 3.37. The topological polar surface area (TPSA) is 114 Å². The van der Waals surface area contributed by atoms with Gasteiger partial charge in [0.1, 0.15) is 11.5 Å². The van der Waals surface area contributed by atoms with E-state index in [1.54, 1.807) is 36.7 Å². The molecule has 2 aliphatic carbocycles. The van der Waals surface area contributed by atoms with Crippen LogP contribution in [0, 0.1) is 0 Å². The summed E-state index contributed by atoms with van der Waals surface area (Å²) in [6.45, 7) is 2.29. The normalized spacial score (nSPS) is 17.5. The summed E-state index contributed by atoms with van der Waals surface area (Å²) in [5, 5.41) is 13.5. The summed E-state index contributed by atoms with van der Waals surface area (Å²) in [6, 6.07) is 0. The molecule has 29 heavy (non-hydrogen) atoms. The molecule has 0 saturated carbocycles. The van der Waals surface area contributed by atoms with E-state index in [1.165, 1.54) is 26.4 Å². The van der Waals surface area contributed by atoms with Crippen molar-refractivity contribution in [2.45, 2.75) is 6.92 Å². The van der Waals surface area contributed by atoms with Crippen molar-refractivity contribution >= 4 is 17.5 Å². The molecule has 0 aromatic heterocycles. The van der Waals surface area contributed by atoms with E-state index in [2.05, 4.69) is 10.6 Å². The monoisotopic (exact) mass is 443 g/mol. The molecule has 1 radical (unpaired) electrons. The summed E-state index contributed by atoms with van der Waals surface area (Å²) >= 11 is 0. The zero-order chi connectivity index (χ0) is 20.9. The molecule has 8 nitrogen and oxygen atoms in total. The molecule has 0 spiro atoms. The minimum atomic E-state index is -0.833. The van der Waals surface area contributed by atoms with Crippen molar-refractivity contribution in [3.05, 3.63) is 71.5 Å². The molecular weight excluding hydrogens is 419 g/mol. The SMILES string of the molecule is CC(=O)O.COC1=CC(=O)/C(=C\NCCN/C=C2/C=CC(OC)=CC2=O)C=C1.[Mn]. The van der Waals surface area contributed by atoms with Gasteiger partial charge in [-0.15, -0.1) is 0 Å². The molecule has 3 N–H and O–H groups in total. The Balaban J connectivity index is 0.00000143. The fourth-order valence-corrected chi connectivity index (χ4v) is 2.03. The Bertz CT molecular complexity index is 727. The van der Waals surface area contributed by atoms with Crippen LogP contribution >= 0.6 is 0 Å². The van der Waals surface area contributed by atoms with Crippen LogP contribution in [0.3, 0.4) is 0 Å². The molecule has 0 bridgehead atoms. The van der Waals surface area contributed by atoms with Gasteiger partial charge >= 0.3 is 0 Å². The quantitative estimate of drug-likeness (QED) is 0.307. The van der Waals surface area contributed by atoms with Crippen molar-refractivity contribution in [3.8, 4) is 0 Å². The number of hydrogen-bond acceptors (Lipinski definition) is 7. The smallest absolute Gasteiger partial charge is 0.300 e. The second kappa shape index (κ2) is 14.0. The standard InChI is InChI=1S/C18H20N2O4.C2H4O2.Mn/c1-23-15-5-3-13(17(21)9-15)11-19-7-8-20-12-14-4-6-16(24-2)10-18(14)22;1-2(3)4;/h3-6,9-12,19-20H,7-8H2,1-2H3;1H3,(H,3,4);/b13-11-,14-12-;;. The molecule has 0 atom stereocenters. The predicted octanol–water partition coefficient (Wildman–Crippen LogP) is 1.36. The number of carboxylic acid groups (broad SMARTS) is 1. The Hall–Kier alpha value is -3.03. The molecule has 2 aliphatic rings. The predicted molar refractivity (Wildman–Crippen MR) is 104 cm³/mol. The van der Waals surface area contributed by atoms with Gasteiger partial charge in [0, 0.05) is 72.8 Å². The van der Waals surface area contributed by atoms with E-state index in [1.807, 2.05) is 0 Å². The number of hydrogen-bond donors (Lipinski definition) is 3. The van der Waals surface area contributed by atoms with Crippen LogP contribution in [0.1, 0.15) is 6.92 Å². The van der Waals surface area contributed by atoms with E-state index in [0.717, 1.165) is 6.92 Å². The molecule has 0 amide bonds. The summed E-state index contributed by atoms with van der Waals surface area (Å²) in [6.07, 6.45) is 13.1. The van der Waals surface area contributed by atoms with Gasteiger partial charge in [-0.1, -0.05) is 0 Å². The van der Waals surface area contributed by atoms with Crippen molar-refractivity contribution in [2.75, 3.05) is 27.3 Å². The van der Waals surface area contributed by atoms with Crippen LogP contribution in [0.15, 0.2) is 71.5 Å². The average molecular weight is 443 g/mol. The Labute approximate surface area is 180 Å². The number of rotatable bonds is 7. The molecule has 157 valence electrons. The maximum absolute atomic E-state index is 11.8. The molecular formula is C20H24MnN2O6. The zero-order valence-electron chi connectivity index (χ0n) is 16.4. The second-order valence-electron chi connectivity index (χ2n) is 5.52. The molecule has 0 unspecified atom stereocenters. The van der Waals surface area contributed by atoms with Crippen molar-refractivity contribution < 1.29 is 46.0 Å². The van der Waals surface area contributed by atoms with E-state index in [9.17, 15) is 9.59 Å². The van der Waals surface area contributed by atoms with Gasteiger partial charge in [-0.25, -0.2) is 0 Å². The van der Waals surface area contributed by atoms with E-state index < -0.39 is 5.97 Å². The number of carboxylic acids is 1. The summed E-state index contributed by atoms with van der Waals surface area (Å²) < 4.78 is 9.98. The van der Waals surface area contributed by atoms with Gasteiger partial charge in [0.25, 0.3) is 5.97 Å². The number of ether oxygens (including phenoxy) is 2. The maximum atomic E-state index is 11.8. The summed E-state index contributed by atoms with van der Waals surface area (Å²) in [5.74, 6) is 0.0499. The van der Waals surface area contributed by atoms with E-state index in [-0.39, 0.29) is 28.6 Å². The first kappa shape index (κ1) is 26.0. The number of aliphatic carboxylic acids is 1.